The first-order valence-corrected chi connectivity index (χ1v) is 6.66. The number of anilines is 1. The minimum absolute atomic E-state index is 0.186. The maximum Gasteiger partial charge on any atom is 0.270 e. The van der Waals surface area contributed by atoms with Gasteiger partial charge < -0.3 is 10.6 Å². The van der Waals surface area contributed by atoms with Crippen LogP contribution in [0.25, 0.3) is 0 Å². The Morgan fingerprint density at radius 2 is 2.20 bits per heavy atom. The van der Waals surface area contributed by atoms with Gasteiger partial charge in [-0.05, 0) is 30.2 Å². The normalized spacial score (nSPS) is 10.1. The largest absolute Gasteiger partial charge is 0.385 e. The molecule has 20 heavy (non-hydrogen) atoms. The molecular formula is C15H18N4O. The second-order valence-corrected chi connectivity index (χ2v) is 4.40. The van der Waals surface area contributed by atoms with Crippen LogP contribution in [0.1, 0.15) is 29.4 Å². The number of pyridine rings is 2. The van der Waals surface area contributed by atoms with Gasteiger partial charge in [-0.25, -0.2) is 0 Å². The predicted octanol–water partition coefficient (Wildman–Crippen LogP) is 2.23. The van der Waals surface area contributed by atoms with Crippen LogP contribution in [-0.4, -0.2) is 22.4 Å². The van der Waals surface area contributed by atoms with E-state index in [1.54, 1.807) is 24.7 Å². The van der Waals surface area contributed by atoms with Gasteiger partial charge in [-0.1, -0.05) is 13.0 Å². The second kappa shape index (κ2) is 7.23. The maximum atomic E-state index is 12.0. The van der Waals surface area contributed by atoms with Crippen LogP contribution in [-0.2, 0) is 6.54 Å². The Hall–Kier alpha value is -2.43. The zero-order valence-electron chi connectivity index (χ0n) is 11.5. The number of rotatable bonds is 6. The lowest BCUT2D eigenvalue weighted by atomic mass is 10.2. The molecule has 0 spiro atoms. The minimum atomic E-state index is -0.186. The smallest absolute Gasteiger partial charge is 0.270 e. The first-order chi connectivity index (χ1) is 9.79. The Morgan fingerprint density at radius 3 is 2.95 bits per heavy atom. The molecule has 5 nitrogen and oxygen atoms in total. The monoisotopic (exact) mass is 270 g/mol. The van der Waals surface area contributed by atoms with E-state index in [4.69, 9.17) is 0 Å². The molecule has 5 heteroatoms. The molecular weight excluding hydrogens is 252 g/mol. The number of carbonyl (C=O) groups excluding carboxylic acids is 1. The van der Waals surface area contributed by atoms with E-state index >= 15 is 0 Å². The minimum Gasteiger partial charge on any atom is -0.385 e. The molecule has 0 fully saturated rings. The molecule has 0 saturated carbocycles. The van der Waals surface area contributed by atoms with E-state index in [1.165, 1.54) is 0 Å². The van der Waals surface area contributed by atoms with Crippen LogP contribution >= 0.6 is 0 Å². The average molecular weight is 270 g/mol. The van der Waals surface area contributed by atoms with E-state index in [0.29, 0.717) is 12.2 Å². The molecule has 0 aliphatic carbocycles. The summed E-state index contributed by atoms with van der Waals surface area (Å²) in [5, 5.41) is 6.06. The predicted molar refractivity (Wildman–Crippen MR) is 78.4 cm³/mol. The van der Waals surface area contributed by atoms with E-state index < -0.39 is 0 Å². The standard InChI is InChI=1S/C15H18N4O/c1-2-6-17-13-5-8-18-14(9-13)15(20)19-11-12-4-3-7-16-10-12/h3-5,7-10H,2,6,11H2,1H3,(H,17,18)(H,19,20). The summed E-state index contributed by atoms with van der Waals surface area (Å²) in [6.45, 7) is 3.41. The van der Waals surface area contributed by atoms with E-state index in [-0.39, 0.29) is 5.91 Å². The van der Waals surface area contributed by atoms with Gasteiger partial charge in [0.15, 0.2) is 0 Å². The van der Waals surface area contributed by atoms with Gasteiger partial charge in [-0.3, -0.25) is 14.8 Å². The van der Waals surface area contributed by atoms with E-state index in [1.807, 2.05) is 18.2 Å². The first-order valence-electron chi connectivity index (χ1n) is 6.66. The number of nitrogens with zero attached hydrogens (tertiary/aromatic N) is 2. The third-order valence-corrected chi connectivity index (χ3v) is 2.75. The quantitative estimate of drug-likeness (QED) is 0.844. The molecule has 0 unspecified atom stereocenters. The highest BCUT2D eigenvalue weighted by molar-refractivity contribution is 5.93. The average Bonchev–Trinajstić information content (AvgIpc) is 2.52. The fourth-order valence-corrected chi connectivity index (χ4v) is 1.71. The van der Waals surface area contributed by atoms with Crippen molar-refractivity contribution in [3.63, 3.8) is 0 Å². The molecule has 2 heterocycles. The number of nitrogens with one attached hydrogen (secondary N) is 2. The number of hydrogen-bond acceptors (Lipinski definition) is 4. The van der Waals surface area contributed by atoms with E-state index in [9.17, 15) is 4.79 Å². The van der Waals surface area contributed by atoms with Crippen molar-refractivity contribution in [3.8, 4) is 0 Å². The van der Waals surface area contributed by atoms with Crippen LogP contribution in [0.4, 0.5) is 5.69 Å². The first kappa shape index (κ1) is 14.0. The molecule has 2 aromatic rings. The molecule has 0 aromatic carbocycles. The van der Waals surface area contributed by atoms with Crippen LogP contribution < -0.4 is 10.6 Å². The lowest BCUT2D eigenvalue weighted by Gasteiger charge is -2.07. The van der Waals surface area contributed by atoms with E-state index in [2.05, 4.69) is 27.5 Å². The number of amides is 1. The van der Waals surface area contributed by atoms with Crippen molar-refractivity contribution in [2.45, 2.75) is 19.9 Å². The lowest BCUT2D eigenvalue weighted by molar-refractivity contribution is 0.0946. The molecule has 0 radical (unpaired) electrons. The third kappa shape index (κ3) is 4.05. The van der Waals surface area contributed by atoms with Gasteiger partial charge in [0.1, 0.15) is 5.69 Å². The van der Waals surface area contributed by atoms with Crippen molar-refractivity contribution >= 4 is 11.6 Å². The number of aromatic nitrogens is 2. The van der Waals surface area contributed by atoms with E-state index in [0.717, 1.165) is 24.2 Å². The molecule has 104 valence electrons. The molecule has 1 amide bonds. The summed E-state index contributed by atoms with van der Waals surface area (Å²) in [6, 6.07) is 7.37. The molecule has 0 aliphatic rings. The fourth-order valence-electron chi connectivity index (χ4n) is 1.71. The summed E-state index contributed by atoms with van der Waals surface area (Å²) in [4.78, 5) is 20.1. The Morgan fingerprint density at radius 1 is 1.30 bits per heavy atom. The third-order valence-electron chi connectivity index (χ3n) is 2.75. The summed E-state index contributed by atoms with van der Waals surface area (Å²) < 4.78 is 0. The summed E-state index contributed by atoms with van der Waals surface area (Å²) in [5.74, 6) is -0.186. The Labute approximate surface area is 118 Å². The zero-order chi connectivity index (χ0) is 14.2. The molecule has 0 saturated heterocycles. The number of hydrogen-bond donors (Lipinski definition) is 2. The molecule has 0 bridgehead atoms. The Balaban J connectivity index is 1.95. The van der Waals surface area contributed by atoms with Gasteiger partial charge in [0.05, 0.1) is 0 Å². The van der Waals surface area contributed by atoms with Crippen molar-refractivity contribution in [1.29, 1.82) is 0 Å². The van der Waals surface area contributed by atoms with Crippen molar-refractivity contribution in [2.24, 2.45) is 0 Å². The molecule has 2 aromatic heterocycles. The van der Waals surface area contributed by atoms with Crippen molar-refractivity contribution in [1.82, 2.24) is 15.3 Å². The van der Waals surface area contributed by atoms with Crippen molar-refractivity contribution < 1.29 is 4.79 Å². The fraction of sp³-hybridized carbons (Fsp3) is 0.267. The van der Waals surface area contributed by atoms with Gasteiger partial charge >= 0.3 is 0 Å². The SMILES string of the molecule is CCCNc1ccnc(C(=O)NCc2cccnc2)c1. The van der Waals surface area contributed by atoms with Crippen molar-refractivity contribution in [3.05, 3.63) is 54.1 Å². The van der Waals surface area contributed by atoms with Crippen LogP contribution in [0.2, 0.25) is 0 Å². The highest BCUT2D eigenvalue weighted by atomic mass is 16.1. The maximum absolute atomic E-state index is 12.0. The Bertz CT molecular complexity index is 557. The summed E-state index contributed by atoms with van der Waals surface area (Å²) in [7, 11) is 0. The van der Waals surface area contributed by atoms with Gasteiger partial charge in [0, 0.05) is 37.4 Å². The van der Waals surface area contributed by atoms with Crippen molar-refractivity contribution in [2.75, 3.05) is 11.9 Å². The van der Waals surface area contributed by atoms with Crippen LogP contribution in [0, 0.1) is 0 Å². The van der Waals surface area contributed by atoms with Gasteiger partial charge in [-0.15, -0.1) is 0 Å². The van der Waals surface area contributed by atoms with Gasteiger partial charge in [0.2, 0.25) is 0 Å². The van der Waals surface area contributed by atoms with Crippen LogP contribution in [0.15, 0.2) is 42.9 Å². The molecule has 0 aliphatic heterocycles. The molecule has 2 N–H and O–H groups in total. The summed E-state index contributed by atoms with van der Waals surface area (Å²) in [6.07, 6.45) is 6.10. The number of carbonyl (C=O) groups is 1. The second-order valence-electron chi connectivity index (χ2n) is 4.40. The zero-order valence-corrected chi connectivity index (χ0v) is 11.5. The molecule has 2 rings (SSSR count). The Kier molecular flexibility index (Phi) is 5.06. The lowest BCUT2D eigenvalue weighted by Crippen LogP contribution is -2.24. The van der Waals surface area contributed by atoms with Crippen LogP contribution in [0.3, 0.4) is 0 Å². The highest BCUT2D eigenvalue weighted by Gasteiger charge is 2.07. The summed E-state index contributed by atoms with van der Waals surface area (Å²) >= 11 is 0. The topological polar surface area (TPSA) is 66.9 Å². The highest BCUT2D eigenvalue weighted by Crippen LogP contribution is 2.08. The van der Waals surface area contributed by atoms with Crippen LogP contribution in [0.5, 0.6) is 0 Å². The van der Waals surface area contributed by atoms with Gasteiger partial charge in [-0.2, -0.15) is 0 Å². The van der Waals surface area contributed by atoms with Gasteiger partial charge in [0.25, 0.3) is 5.91 Å². The molecule has 0 atom stereocenters. The summed E-state index contributed by atoms with van der Waals surface area (Å²) in [5.41, 5.74) is 2.28.